The summed E-state index contributed by atoms with van der Waals surface area (Å²) in [4.78, 5) is 10.2. The van der Waals surface area contributed by atoms with E-state index in [0.29, 0.717) is 24.0 Å². The molecule has 0 amide bonds. The molecule has 0 radical (unpaired) electrons. The van der Waals surface area contributed by atoms with Crippen LogP contribution in [0.25, 0.3) is 0 Å². The summed E-state index contributed by atoms with van der Waals surface area (Å²) >= 11 is 0. The van der Waals surface area contributed by atoms with Gasteiger partial charge in [-0.1, -0.05) is 18.2 Å². The summed E-state index contributed by atoms with van der Waals surface area (Å²) in [7, 11) is 0. The monoisotopic (exact) mass is 236 g/mol. The van der Waals surface area contributed by atoms with Gasteiger partial charge < -0.3 is 10.8 Å². The third-order valence-electron chi connectivity index (χ3n) is 2.65. The summed E-state index contributed by atoms with van der Waals surface area (Å²) in [6, 6.07) is 2.80. The fourth-order valence-corrected chi connectivity index (χ4v) is 1.68. The number of hydrogen-bond acceptors (Lipinski definition) is 4. The van der Waals surface area contributed by atoms with E-state index in [1.165, 1.54) is 0 Å². The van der Waals surface area contributed by atoms with Crippen molar-refractivity contribution < 1.29 is 10.0 Å². The largest absolute Gasteiger partial charge is 0.502 e. The first-order valence-corrected chi connectivity index (χ1v) is 5.32. The van der Waals surface area contributed by atoms with Gasteiger partial charge in [0.25, 0.3) is 0 Å². The number of benzene rings is 1. The summed E-state index contributed by atoms with van der Waals surface area (Å²) < 4.78 is 0. The Bertz CT molecular complexity index is 444. The number of nitro benzene ring substituents is 1. The van der Waals surface area contributed by atoms with E-state index in [2.05, 4.69) is 6.58 Å². The average Bonchev–Trinajstić information content (AvgIpc) is 2.25. The number of phenols is 1. The molecule has 5 heteroatoms. The standard InChI is InChI=1S/C12H16N2O3/c1-3-4-5-10(13)9-7-6-8(2)11(12(9)15)14(16)17/h3,6-7,10,15H,1,4-5,13H2,2H3/t10-/m0/s1. The van der Waals surface area contributed by atoms with Gasteiger partial charge in [-0.05, 0) is 19.8 Å². The van der Waals surface area contributed by atoms with Crippen LogP contribution in [0.2, 0.25) is 0 Å². The predicted octanol–water partition coefficient (Wildman–Crippen LogP) is 2.57. The van der Waals surface area contributed by atoms with Gasteiger partial charge in [0.2, 0.25) is 0 Å². The van der Waals surface area contributed by atoms with E-state index in [1.807, 2.05) is 0 Å². The smallest absolute Gasteiger partial charge is 0.313 e. The van der Waals surface area contributed by atoms with Crippen molar-refractivity contribution in [2.24, 2.45) is 5.73 Å². The quantitative estimate of drug-likeness (QED) is 0.467. The van der Waals surface area contributed by atoms with Crippen molar-refractivity contribution in [3.8, 4) is 5.75 Å². The number of nitrogens with zero attached hydrogens (tertiary/aromatic N) is 1. The van der Waals surface area contributed by atoms with E-state index in [1.54, 1.807) is 25.1 Å². The lowest BCUT2D eigenvalue weighted by Crippen LogP contribution is -2.11. The van der Waals surface area contributed by atoms with Gasteiger partial charge in [-0.25, -0.2) is 0 Å². The van der Waals surface area contributed by atoms with Gasteiger partial charge in [-0.15, -0.1) is 6.58 Å². The first-order chi connectivity index (χ1) is 7.99. The van der Waals surface area contributed by atoms with Crippen LogP contribution in [0, 0.1) is 17.0 Å². The van der Waals surface area contributed by atoms with Crippen molar-refractivity contribution >= 4 is 5.69 Å². The van der Waals surface area contributed by atoms with Crippen LogP contribution in [0.1, 0.15) is 30.0 Å². The molecule has 5 nitrogen and oxygen atoms in total. The summed E-state index contributed by atoms with van der Waals surface area (Å²) in [5, 5.41) is 20.7. The summed E-state index contributed by atoms with van der Waals surface area (Å²) in [5.41, 5.74) is 6.43. The van der Waals surface area contributed by atoms with Crippen LogP contribution in [0.15, 0.2) is 24.8 Å². The number of rotatable bonds is 5. The first-order valence-electron chi connectivity index (χ1n) is 5.32. The molecule has 0 unspecified atom stereocenters. The number of aryl methyl sites for hydroxylation is 1. The molecule has 0 aliphatic carbocycles. The highest BCUT2D eigenvalue weighted by molar-refractivity contribution is 5.56. The molecule has 0 saturated carbocycles. The fraction of sp³-hybridized carbons (Fsp3) is 0.333. The average molecular weight is 236 g/mol. The van der Waals surface area contributed by atoms with Crippen LogP contribution < -0.4 is 5.73 Å². The van der Waals surface area contributed by atoms with E-state index >= 15 is 0 Å². The van der Waals surface area contributed by atoms with Crippen LogP contribution in [-0.2, 0) is 0 Å². The predicted molar refractivity (Wildman–Crippen MR) is 65.9 cm³/mol. The topological polar surface area (TPSA) is 89.4 Å². The zero-order valence-corrected chi connectivity index (χ0v) is 9.72. The van der Waals surface area contributed by atoms with Gasteiger partial charge in [-0.2, -0.15) is 0 Å². The van der Waals surface area contributed by atoms with E-state index in [-0.39, 0.29) is 11.4 Å². The second-order valence-electron chi connectivity index (χ2n) is 3.90. The molecule has 1 rings (SSSR count). The molecule has 0 fully saturated rings. The molecular weight excluding hydrogens is 220 g/mol. The van der Waals surface area contributed by atoms with E-state index < -0.39 is 11.0 Å². The maximum Gasteiger partial charge on any atom is 0.313 e. The molecule has 0 bridgehead atoms. The van der Waals surface area contributed by atoms with E-state index in [9.17, 15) is 15.2 Å². The van der Waals surface area contributed by atoms with Crippen molar-refractivity contribution in [1.29, 1.82) is 0 Å². The minimum absolute atomic E-state index is 0.267. The Morgan fingerprint density at radius 1 is 1.65 bits per heavy atom. The van der Waals surface area contributed by atoms with E-state index in [0.717, 1.165) is 0 Å². The van der Waals surface area contributed by atoms with Gasteiger partial charge in [0, 0.05) is 17.2 Å². The zero-order chi connectivity index (χ0) is 13.0. The van der Waals surface area contributed by atoms with Gasteiger partial charge >= 0.3 is 5.69 Å². The molecular formula is C12H16N2O3. The van der Waals surface area contributed by atoms with Crippen LogP contribution in [0.4, 0.5) is 5.69 Å². The van der Waals surface area contributed by atoms with Crippen LogP contribution in [0.5, 0.6) is 5.75 Å². The fourth-order valence-electron chi connectivity index (χ4n) is 1.68. The van der Waals surface area contributed by atoms with Gasteiger partial charge in [0.15, 0.2) is 5.75 Å². The molecule has 1 atom stereocenters. The molecule has 3 N–H and O–H groups in total. The maximum atomic E-state index is 10.8. The lowest BCUT2D eigenvalue weighted by molar-refractivity contribution is -0.386. The molecule has 0 aromatic heterocycles. The number of nitrogens with two attached hydrogens (primary N) is 1. The number of nitro groups is 1. The Labute approximate surface area is 99.7 Å². The third kappa shape index (κ3) is 2.82. The Morgan fingerprint density at radius 2 is 2.29 bits per heavy atom. The van der Waals surface area contributed by atoms with Crippen molar-refractivity contribution in [1.82, 2.24) is 0 Å². The normalized spacial score (nSPS) is 12.1. The Morgan fingerprint density at radius 3 is 2.82 bits per heavy atom. The summed E-state index contributed by atoms with van der Waals surface area (Å²) in [5.74, 6) is -0.327. The van der Waals surface area contributed by atoms with Gasteiger partial charge in [0.1, 0.15) is 0 Å². The molecule has 0 spiro atoms. The summed E-state index contributed by atoms with van der Waals surface area (Å²) in [6.07, 6.45) is 3.01. The second kappa shape index (κ2) is 5.45. The molecule has 0 aliphatic heterocycles. The highest BCUT2D eigenvalue weighted by atomic mass is 16.6. The van der Waals surface area contributed by atoms with Crippen LogP contribution in [-0.4, -0.2) is 10.0 Å². The number of phenolic OH excluding ortho intramolecular Hbond substituents is 1. The molecule has 0 saturated heterocycles. The highest BCUT2D eigenvalue weighted by Gasteiger charge is 2.22. The Hall–Kier alpha value is -1.88. The molecule has 1 aromatic rings. The Kier molecular flexibility index (Phi) is 4.23. The molecule has 17 heavy (non-hydrogen) atoms. The van der Waals surface area contributed by atoms with Gasteiger partial charge in [-0.3, -0.25) is 10.1 Å². The summed E-state index contributed by atoms with van der Waals surface area (Å²) in [6.45, 7) is 5.16. The molecule has 0 heterocycles. The zero-order valence-electron chi connectivity index (χ0n) is 9.72. The lowest BCUT2D eigenvalue weighted by Gasteiger charge is -2.13. The number of aromatic hydroxyl groups is 1. The van der Waals surface area contributed by atoms with Crippen molar-refractivity contribution in [2.45, 2.75) is 25.8 Å². The van der Waals surface area contributed by atoms with Gasteiger partial charge in [0.05, 0.1) is 4.92 Å². The minimum atomic E-state index is -0.589. The van der Waals surface area contributed by atoms with Crippen LogP contribution in [0.3, 0.4) is 0 Å². The van der Waals surface area contributed by atoms with E-state index in [4.69, 9.17) is 5.73 Å². The second-order valence-corrected chi connectivity index (χ2v) is 3.90. The number of hydrogen-bond donors (Lipinski definition) is 2. The Balaban J connectivity index is 3.14. The first kappa shape index (κ1) is 13.2. The maximum absolute atomic E-state index is 10.8. The molecule has 92 valence electrons. The SMILES string of the molecule is C=CCC[C@H](N)c1ccc(C)c([N+](=O)[O-])c1O. The minimum Gasteiger partial charge on any atom is -0.502 e. The molecule has 1 aromatic carbocycles. The number of allylic oxidation sites excluding steroid dienone is 1. The third-order valence-corrected chi connectivity index (χ3v) is 2.65. The highest BCUT2D eigenvalue weighted by Crippen LogP contribution is 2.36. The van der Waals surface area contributed by atoms with Crippen molar-refractivity contribution in [3.63, 3.8) is 0 Å². The van der Waals surface area contributed by atoms with Crippen molar-refractivity contribution in [2.75, 3.05) is 0 Å². The van der Waals surface area contributed by atoms with Crippen LogP contribution >= 0.6 is 0 Å². The molecule has 0 aliphatic rings. The van der Waals surface area contributed by atoms with Crippen molar-refractivity contribution in [3.05, 3.63) is 46.0 Å². The lowest BCUT2D eigenvalue weighted by atomic mass is 9.99.